The van der Waals surface area contributed by atoms with Crippen molar-refractivity contribution in [3.63, 3.8) is 0 Å². The fourth-order valence-electron chi connectivity index (χ4n) is 2.80. The van der Waals surface area contributed by atoms with E-state index in [2.05, 4.69) is 9.98 Å². The van der Waals surface area contributed by atoms with Gasteiger partial charge in [0, 0.05) is 16.5 Å². The SMILES string of the molecule is Cc1ccc2[nH]c(O)c(C3=Nc4ccccc4C3=N)c2c1. The van der Waals surface area contributed by atoms with E-state index in [1.807, 2.05) is 49.4 Å². The number of aryl methyl sites for hydroxylation is 1. The van der Waals surface area contributed by atoms with Crippen LogP contribution in [0.15, 0.2) is 47.5 Å². The highest BCUT2D eigenvalue weighted by Crippen LogP contribution is 2.35. The van der Waals surface area contributed by atoms with Crippen molar-refractivity contribution in [1.29, 1.82) is 5.41 Å². The third kappa shape index (κ3) is 1.62. The highest BCUT2D eigenvalue weighted by Gasteiger charge is 2.26. The van der Waals surface area contributed by atoms with Crippen molar-refractivity contribution in [1.82, 2.24) is 4.98 Å². The van der Waals surface area contributed by atoms with Crippen LogP contribution in [0.1, 0.15) is 16.7 Å². The Balaban J connectivity index is 1.99. The molecule has 1 aliphatic heterocycles. The molecule has 0 saturated carbocycles. The van der Waals surface area contributed by atoms with Gasteiger partial charge >= 0.3 is 0 Å². The Kier molecular flexibility index (Phi) is 2.30. The van der Waals surface area contributed by atoms with E-state index >= 15 is 0 Å². The van der Waals surface area contributed by atoms with Crippen molar-refractivity contribution in [2.45, 2.75) is 6.92 Å². The topological polar surface area (TPSA) is 72.2 Å². The summed E-state index contributed by atoms with van der Waals surface area (Å²) in [5.74, 6) is 0.0620. The first-order chi connectivity index (χ1) is 10.1. The van der Waals surface area contributed by atoms with Crippen molar-refractivity contribution in [2.24, 2.45) is 4.99 Å². The number of nitrogens with one attached hydrogen (secondary N) is 2. The molecule has 2 heterocycles. The second-order valence-electron chi connectivity index (χ2n) is 5.25. The Hall–Kier alpha value is -2.88. The van der Waals surface area contributed by atoms with Gasteiger partial charge in [-0.25, -0.2) is 4.99 Å². The molecule has 102 valence electrons. The highest BCUT2D eigenvalue weighted by molar-refractivity contribution is 6.57. The first kappa shape index (κ1) is 11.9. The Morgan fingerprint density at radius 3 is 2.76 bits per heavy atom. The molecule has 4 heteroatoms. The van der Waals surface area contributed by atoms with E-state index in [1.54, 1.807) is 0 Å². The quantitative estimate of drug-likeness (QED) is 0.622. The smallest absolute Gasteiger partial charge is 0.199 e. The van der Waals surface area contributed by atoms with Crippen LogP contribution in [0.3, 0.4) is 0 Å². The second kappa shape index (κ2) is 4.06. The van der Waals surface area contributed by atoms with Crippen LogP contribution in [0.5, 0.6) is 5.88 Å². The lowest BCUT2D eigenvalue weighted by Gasteiger charge is -2.02. The molecule has 1 aliphatic rings. The van der Waals surface area contributed by atoms with Gasteiger partial charge in [0.25, 0.3) is 0 Å². The van der Waals surface area contributed by atoms with Crippen LogP contribution in [0.25, 0.3) is 10.9 Å². The molecule has 0 unspecified atom stereocenters. The van der Waals surface area contributed by atoms with Crippen molar-refractivity contribution >= 4 is 28.0 Å². The van der Waals surface area contributed by atoms with Gasteiger partial charge in [-0.2, -0.15) is 0 Å². The zero-order valence-corrected chi connectivity index (χ0v) is 11.4. The number of aromatic hydroxyl groups is 1. The monoisotopic (exact) mass is 275 g/mol. The van der Waals surface area contributed by atoms with Crippen LogP contribution in [0, 0.1) is 12.3 Å². The van der Waals surface area contributed by atoms with Gasteiger partial charge in [0.15, 0.2) is 5.88 Å². The lowest BCUT2D eigenvalue weighted by molar-refractivity contribution is 0.457. The zero-order valence-electron chi connectivity index (χ0n) is 11.4. The summed E-state index contributed by atoms with van der Waals surface area (Å²) >= 11 is 0. The van der Waals surface area contributed by atoms with E-state index < -0.39 is 0 Å². The largest absolute Gasteiger partial charge is 0.494 e. The van der Waals surface area contributed by atoms with Crippen LogP contribution in [0.4, 0.5) is 5.69 Å². The minimum Gasteiger partial charge on any atom is -0.494 e. The van der Waals surface area contributed by atoms with E-state index in [9.17, 15) is 5.11 Å². The Morgan fingerprint density at radius 2 is 1.95 bits per heavy atom. The molecule has 3 N–H and O–H groups in total. The molecule has 0 bridgehead atoms. The maximum Gasteiger partial charge on any atom is 0.199 e. The average Bonchev–Trinajstić information content (AvgIpc) is 2.96. The fourth-order valence-corrected chi connectivity index (χ4v) is 2.80. The van der Waals surface area contributed by atoms with E-state index in [-0.39, 0.29) is 5.88 Å². The van der Waals surface area contributed by atoms with Crippen LogP contribution in [-0.4, -0.2) is 21.5 Å². The second-order valence-corrected chi connectivity index (χ2v) is 5.25. The lowest BCUT2D eigenvalue weighted by atomic mass is 10.0. The maximum atomic E-state index is 10.2. The van der Waals surface area contributed by atoms with Crippen LogP contribution >= 0.6 is 0 Å². The van der Waals surface area contributed by atoms with E-state index in [0.29, 0.717) is 17.0 Å². The van der Waals surface area contributed by atoms with Gasteiger partial charge in [-0.3, -0.25) is 5.41 Å². The number of hydrogen-bond donors (Lipinski definition) is 3. The molecule has 21 heavy (non-hydrogen) atoms. The molecule has 0 radical (unpaired) electrons. The summed E-state index contributed by atoms with van der Waals surface area (Å²) in [6.07, 6.45) is 0. The molecule has 0 saturated heterocycles. The van der Waals surface area contributed by atoms with Gasteiger partial charge in [-0.05, 0) is 25.1 Å². The third-order valence-corrected chi connectivity index (χ3v) is 3.81. The van der Waals surface area contributed by atoms with Gasteiger partial charge in [-0.15, -0.1) is 0 Å². The number of aromatic nitrogens is 1. The van der Waals surface area contributed by atoms with Crippen LogP contribution in [0.2, 0.25) is 0 Å². The first-order valence-electron chi connectivity index (χ1n) is 6.74. The van der Waals surface area contributed by atoms with Gasteiger partial charge < -0.3 is 10.1 Å². The Labute approximate surface area is 121 Å². The number of nitrogens with zero attached hydrogens (tertiary/aromatic N) is 1. The maximum absolute atomic E-state index is 10.2. The van der Waals surface area contributed by atoms with Gasteiger partial charge in [-0.1, -0.05) is 29.8 Å². The van der Waals surface area contributed by atoms with E-state index in [4.69, 9.17) is 5.41 Å². The number of H-pyrrole nitrogens is 1. The van der Waals surface area contributed by atoms with Gasteiger partial charge in [0.05, 0.1) is 17.0 Å². The number of fused-ring (bicyclic) bond motifs is 2. The summed E-state index contributed by atoms with van der Waals surface area (Å²) in [4.78, 5) is 7.48. The minimum atomic E-state index is 0.0620. The number of hydrogen-bond acceptors (Lipinski definition) is 3. The van der Waals surface area contributed by atoms with Crippen molar-refractivity contribution in [3.05, 3.63) is 59.2 Å². The standard InChI is InChI=1S/C17H13N3O/c1-9-6-7-13-11(8-9)14(17(21)20-13)16-15(18)10-4-2-3-5-12(10)19-16/h2-8,18,20-21H,1H3. The molecule has 0 aliphatic carbocycles. The van der Waals surface area contributed by atoms with E-state index in [1.165, 1.54) is 0 Å². The summed E-state index contributed by atoms with van der Waals surface area (Å²) in [6.45, 7) is 2.00. The van der Waals surface area contributed by atoms with Gasteiger partial charge in [0.1, 0.15) is 5.71 Å². The average molecular weight is 275 g/mol. The minimum absolute atomic E-state index is 0.0620. The predicted octanol–water partition coefficient (Wildman–Crippen LogP) is 3.68. The molecule has 0 spiro atoms. The molecule has 3 aromatic rings. The summed E-state index contributed by atoms with van der Waals surface area (Å²) in [5, 5.41) is 19.5. The van der Waals surface area contributed by atoms with Crippen LogP contribution < -0.4 is 0 Å². The van der Waals surface area contributed by atoms with Crippen molar-refractivity contribution < 1.29 is 5.11 Å². The number of rotatable bonds is 1. The van der Waals surface area contributed by atoms with Crippen LogP contribution in [-0.2, 0) is 0 Å². The van der Waals surface area contributed by atoms with Crippen molar-refractivity contribution in [3.8, 4) is 5.88 Å². The lowest BCUT2D eigenvalue weighted by Crippen LogP contribution is -2.10. The Bertz CT molecular complexity index is 934. The molecule has 0 fully saturated rings. The number of aromatic amines is 1. The molecule has 4 nitrogen and oxygen atoms in total. The Morgan fingerprint density at radius 1 is 1.14 bits per heavy atom. The first-order valence-corrected chi connectivity index (χ1v) is 6.74. The number of para-hydroxylation sites is 1. The summed E-state index contributed by atoms with van der Waals surface area (Å²) < 4.78 is 0. The van der Waals surface area contributed by atoms with E-state index in [0.717, 1.165) is 27.7 Å². The number of benzene rings is 2. The fraction of sp³-hybridized carbons (Fsp3) is 0.0588. The molecule has 4 rings (SSSR count). The molecule has 0 amide bonds. The predicted molar refractivity (Wildman–Crippen MR) is 84.2 cm³/mol. The normalized spacial score (nSPS) is 13.6. The van der Waals surface area contributed by atoms with Crippen molar-refractivity contribution in [2.75, 3.05) is 0 Å². The molecular weight excluding hydrogens is 262 g/mol. The summed E-state index contributed by atoms with van der Waals surface area (Å²) in [7, 11) is 0. The van der Waals surface area contributed by atoms with Gasteiger partial charge in [0.2, 0.25) is 0 Å². The summed E-state index contributed by atoms with van der Waals surface area (Å²) in [6, 6.07) is 13.5. The molecule has 0 atom stereocenters. The molecular formula is C17H13N3O. The highest BCUT2D eigenvalue weighted by atomic mass is 16.3. The summed E-state index contributed by atoms with van der Waals surface area (Å²) in [5.41, 5.74) is 5.00. The third-order valence-electron chi connectivity index (χ3n) is 3.81. The molecule has 2 aromatic carbocycles. The number of aliphatic imine (C=N–C) groups is 1. The molecule has 1 aromatic heterocycles. The zero-order chi connectivity index (χ0) is 14.6.